The van der Waals surface area contributed by atoms with Gasteiger partial charge in [-0.15, -0.1) is 10.1 Å². The third-order valence-electron chi connectivity index (χ3n) is 3.11. The molecule has 0 radical (unpaired) electrons. The first-order valence-corrected chi connectivity index (χ1v) is 7.48. The molecule has 110 valence electrons. The molecule has 0 N–H and O–H groups in total. The third-order valence-corrected chi connectivity index (χ3v) is 4.41. The van der Waals surface area contributed by atoms with E-state index >= 15 is 0 Å². The first-order valence-electron chi connectivity index (χ1n) is 6.07. The second kappa shape index (κ2) is 5.53. The zero-order chi connectivity index (χ0) is 15.6. The van der Waals surface area contributed by atoms with Crippen LogP contribution in [0.15, 0.2) is 47.4 Å². The average molecular weight is 307 g/mol. The molecule has 0 atom stereocenters. The zero-order valence-electron chi connectivity index (χ0n) is 11.4. The van der Waals surface area contributed by atoms with Crippen LogP contribution < -0.4 is 0 Å². The minimum Gasteiger partial charge on any atom is -0.196 e. The Morgan fingerprint density at radius 2 is 1.67 bits per heavy atom. The highest BCUT2D eigenvalue weighted by Gasteiger charge is 2.24. The van der Waals surface area contributed by atoms with Crippen LogP contribution in [0.3, 0.4) is 0 Å². The summed E-state index contributed by atoms with van der Waals surface area (Å²) in [7, 11) is -4.44. The highest BCUT2D eigenvalue weighted by Crippen LogP contribution is 2.31. The number of benzene rings is 2. The summed E-state index contributed by atoms with van der Waals surface area (Å²) in [6.45, 7) is 3.45. The van der Waals surface area contributed by atoms with Gasteiger partial charge in [0.1, 0.15) is 0 Å². The summed E-state index contributed by atoms with van der Waals surface area (Å²) in [5.41, 5.74) is 2.86. The van der Waals surface area contributed by atoms with Gasteiger partial charge < -0.3 is 0 Å². The molecule has 7 heteroatoms. The lowest BCUT2D eigenvalue weighted by Gasteiger charge is -2.14. The number of aryl methyl sites for hydroxylation is 1. The SMILES string of the molecule is Cc1ccc(S(=O)(=O)O[N+](=O)[O-])c(C)c1-c1ccccc1. The van der Waals surface area contributed by atoms with E-state index in [1.54, 1.807) is 13.0 Å². The van der Waals surface area contributed by atoms with Crippen LogP contribution in [0.25, 0.3) is 11.1 Å². The van der Waals surface area contributed by atoms with Gasteiger partial charge in [-0.25, -0.2) is 0 Å². The first-order chi connectivity index (χ1) is 9.83. The van der Waals surface area contributed by atoms with Gasteiger partial charge in [-0.05, 0) is 42.2 Å². The summed E-state index contributed by atoms with van der Waals surface area (Å²) in [6, 6.07) is 12.1. The third kappa shape index (κ3) is 3.03. The zero-order valence-corrected chi connectivity index (χ0v) is 12.3. The van der Waals surface area contributed by atoms with Crippen molar-refractivity contribution < 1.29 is 17.8 Å². The fourth-order valence-corrected chi connectivity index (χ4v) is 3.22. The van der Waals surface area contributed by atoms with Crippen LogP contribution in [0.4, 0.5) is 0 Å². The van der Waals surface area contributed by atoms with Crippen LogP contribution in [-0.4, -0.2) is 13.5 Å². The van der Waals surface area contributed by atoms with Crippen LogP contribution in [0, 0.1) is 24.0 Å². The minimum absolute atomic E-state index is 0.205. The summed E-state index contributed by atoms with van der Waals surface area (Å²) >= 11 is 0. The van der Waals surface area contributed by atoms with Crippen molar-refractivity contribution in [1.29, 1.82) is 0 Å². The molecule has 0 heterocycles. The molecular weight excluding hydrogens is 294 g/mol. The predicted octanol–water partition coefficient (Wildman–Crippen LogP) is 2.87. The van der Waals surface area contributed by atoms with Crippen molar-refractivity contribution in [1.82, 2.24) is 0 Å². The Labute approximate surface area is 122 Å². The molecule has 0 amide bonds. The molecule has 0 saturated carbocycles. The fraction of sp³-hybridized carbons (Fsp3) is 0.143. The molecule has 0 fully saturated rings. The number of hydrogen-bond acceptors (Lipinski definition) is 5. The van der Waals surface area contributed by atoms with Gasteiger partial charge in [-0.3, -0.25) is 0 Å². The maximum absolute atomic E-state index is 11.9. The monoisotopic (exact) mass is 307 g/mol. The molecule has 0 spiro atoms. The van der Waals surface area contributed by atoms with Crippen molar-refractivity contribution in [2.45, 2.75) is 18.7 Å². The molecule has 6 nitrogen and oxygen atoms in total. The average Bonchev–Trinajstić information content (AvgIpc) is 2.38. The van der Waals surface area contributed by atoms with Crippen molar-refractivity contribution in [2.24, 2.45) is 0 Å². The molecule has 0 aliphatic carbocycles. The van der Waals surface area contributed by atoms with Gasteiger partial charge in [-0.1, -0.05) is 36.4 Å². The van der Waals surface area contributed by atoms with E-state index in [1.165, 1.54) is 6.07 Å². The second-order valence-corrected chi connectivity index (χ2v) is 6.00. The van der Waals surface area contributed by atoms with Crippen LogP contribution >= 0.6 is 0 Å². The highest BCUT2D eigenvalue weighted by atomic mass is 32.2. The van der Waals surface area contributed by atoms with E-state index in [9.17, 15) is 18.5 Å². The highest BCUT2D eigenvalue weighted by molar-refractivity contribution is 7.86. The second-order valence-electron chi connectivity index (χ2n) is 4.50. The summed E-state index contributed by atoms with van der Waals surface area (Å²) < 4.78 is 27.6. The lowest BCUT2D eigenvalue weighted by molar-refractivity contribution is -0.711. The molecule has 2 rings (SSSR count). The Bertz CT molecular complexity index is 785. The van der Waals surface area contributed by atoms with Gasteiger partial charge in [-0.2, -0.15) is 12.7 Å². The van der Waals surface area contributed by atoms with E-state index in [0.717, 1.165) is 16.7 Å². The van der Waals surface area contributed by atoms with Crippen LogP contribution in [0.1, 0.15) is 11.1 Å². The molecular formula is C14H13NO5S. The topological polar surface area (TPSA) is 86.5 Å². The van der Waals surface area contributed by atoms with E-state index in [-0.39, 0.29) is 4.90 Å². The van der Waals surface area contributed by atoms with Gasteiger partial charge in [0, 0.05) is 0 Å². The van der Waals surface area contributed by atoms with Crippen LogP contribution in [0.2, 0.25) is 0 Å². The molecule has 2 aromatic carbocycles. The molecule has 21 heavy (non-hydrogen) atoms. The normalized spacial score (nSPS) is 11.1. The summed E-state index contributed by atoms with van der Waals surface area (Å²) in [5, 5.41) is 9.00. The molecule has 0 bridgehead atoms. The van der Waals surface area contributed by atoms with Crippen molar-refractivity contribution in [3.8, 4) is 11.1 Å². The smallest absolute Gasteiger partial charge is 0.196 e. The summed E-state index contributed by atoms with van der Waals surface area (Å²) in [4.78, 5) is 10.1. The lowest BCUT2D eigenvalue weighted by Crippen LogP contribution is -2.13. The van der Waals surface area contributed by atoms with E-state index in [4.69, 9.17) is 0 Å². The quantitative estimate of drug-likeness (QED) is 0.640. The van der Waals surface area contributed by atoms with Crippen molar-refractivity contribution >= 4 is 10.1 Å². The number of hydrogen-bond donors (Lipinski definition) is 0. The van der Waals surface area contributed by atoms with E-state index in [2.05, 4.69) is 4.28 Å². The molecule has 2 aromatic rings. The lowest BCUT2D eigenvalue weighted by atomic mass is 9.96. The Morgan fingerprint density at radius 1 is 1.05 bits per heavy atom. The Balaban J connectivity index is 2.66. The van der Waals surface area contributed by atoms with Gasteiger partial charge in [0.25, 0.3) is 0 Å². The fourth-order valence-electron chi connectivity index (χ4n) is 2.27. The van der Waals surface area contributed by atoms with Crippen LogP contribution in [-0.2, 0) is 14.4 Å². The van der Waals surface area contributed by atoms with Crippen molar-refractivity contribution in [2.75, 3.05) is 0 Å². The number of nitrogens with zero attached hydrogens (tertiary/aromatic N) is 1. The Kier molecular flexibility index (Phi) is 3.95. The Morgan fingerprint density at radius 3 is 2.24 bits per heavy atom. The van der Waals surface area contributed by atoms with Gasteiger partial charge in [0.15, 0.2) is 0 Å². The standard InChI is InChI=1S/C14H13NO5S/c1-10-8-9-13(21(18,19)20-15(16)17)11(2)14(10)12-6-4-3-5-7-12/h3-9H,1-2H3. The van der Waals surface area contributed by atoms with Gasteiger partial charge in [0.05, 0.1) is 4.90 Å². The maximum atomic E-state index is 11.9. The largest absolute Gasteiger partial charge is 0.334 e. The van der Waals surface area contributed by atoms with E-state index < -0.39 is 15.2 Å². The summed E-state index contributed by atoms with van der Waals surface area (Å²) in [5.74, 6) is 0. The minimum atomic E-state index is -4.44. The van der Waals surface area contributed by atoms with E-state index in [0.29, 0.717) is 5.56 Å². The van der Waals surface area contributed by atoms with Crippen molar-refractivity contribution in [3.63, 3.8) is 0 Å². The molecule has 0 aromatic heterocycles. The van der Waals surface area contributed by atoms with E-state index in [1.807, 2.05) is 37.3 Å². The van der Waals surface area contributed by atoms with Crippen molar-refractivity contribution in [3.05, 3.63) is 63.7 Å². The van der Waals surface area contributed by atoms with Gasteiger partial charge in [0.2, 0.25) is 0 Å². The molecule has 0 unspecified atom stereocenters. The number of rotatable bonds is 4. The molecule has 0 aliphatic heterocycles. The Hall–Kier alpha value is -2.41. The first kappa shape index (κ1) is 15.0. The maximum Gasteiger partial charge on any atom is 0.334 e. The molecule has 0 saturated heterocycles. The molecule has 0 aliphatic rings. The predicted molar refractivity (Wildman–Crippen MR) is 76.6 cm³/mol. The van der Waals surface area contributed by atoms with Crippen LogP contribution in [0.5, 0.6) is 0 Å². The van der Waals surface area contributed by atoms with Gasteiger partial charge >= 0.3 is 15.2 Å². The summed E-state index contributed by atoms with van der Waals surface area (Å²) in [6.07, 6.45) is 0.